The molecular weight excluding hydrogens is 422 g/mol. The van der Waals surface area contributed by atoms with E-state index in [0.29, 0.717) is 46.8 Å². The van der Waals surface area contributed by atoms with E-state index >= 15 is 0 Å². The highest BCUT2D eigenvalue weighted by Gasteiger charge is 2.65. The van der Waals surface area contributed by atoms with Gasteiger partial charge >= 0.3 is 5.97 Å². The first-order chi connectivity index (χ1) is 16.2. The van der Waals surface area contributed by atoms with Gasteiger partial charge in [-0.2, -0.15) is 5.26 Å². The zero-order valence-electron chi connectivity index (χ0n) is 22.1. The summed E-state index contributed by atoms with van der Waals surface area (Å²) in [6, 6.07) is 2.12. The van der Waals surface area contributed by atoms with E-state index in [0.717, 1.165) is 38.5 Å². The van der Waals surface area contributed by atoms with Crippen LogP contribution in [-0.2, 0) is 9.53 Å². The number of esters is 1. The van der Waals surface area contributed by atoms with Gasteiger partial charge in [-0.15, -0.1) is 0 Å². The molecule has 4 rings (SSSR count). The molecule has 0 saturated heterocycles. The molecule has 0 bridgehead atoms. The van der Waals surface area contributed by atoms with Crippen molar-refractivity contribution in [2.75, 3.05) is 0 Å². The predicted molar refractivity (Wildman–Crippen MR) is 134 cm³/mol. The number of fused-ring (bicyclic) bond motifs is 5. The van der Waals surface area contributed by atoms with E-state index in [9.17, 15) is 9.90 Å². The highest BCUT2D eigenvalue weighted by atomic mass is 16.5. The van der Waals surface area contributed by atoms with Gasteiger partial charge in [0, 0.05) is 18.9 Å². The Kier molecular flexibility index (Phi) is 7.54. The first kappa shape index (κ1) is 25.7. The average molecular weight is 470 g/mol. The molecule has 4 nitrogen and oxygen atoms in total. The van der Waals surface area contributed by atoms with Crippen LogP contribution in [-0.4, -0.2) is 23.3 Å². The van der Waals surface area contributed by atoms with E-state index in [1.807, 2.05) is 6.08 Å². The number of nitriles is 1. The van der Waals surface area contributed by atoms with Crippen LogP contribution in [0.3, 0.4) is 0 Å². The Bertz CT molecular complexity index is 816. The summed E-state index contributed by atoms with van der Waals surface area (Å²) < 4.78 is 6.27. The fourth-order valence-electron chi connectivity index (χ4n) is 9.95. The van der Waals surface area contributed by atoms with Gasteiger partial charge in [-0.3, -0.25) is 4.79 Å². The normalized spacial score (nSPS) is 46.7. The third kappa shape index (κ3) is 4.25. The number of ether oxygens (including phenoxy) is 1. The lowest BCUT2D eigenvalue weighted by Crippen LogP contribution is -2.63. The summed E-state index contributed by atoms with van der Waals surface area (Å²) in [5.41, 5.74) is 0.544. The zero-order chi connectivity index (χ0) is 24.7. The van der Waals surface area contributed by atoms with Gasteiger partial charge < -0.3 is 9.84 Å². The summed E-state index contributed by atoms with van der Waals surface area (Å²) >= 11 is 0. The van der Waals surface area contributed by atoms with Gasteiger partial charge in [0.05, 0.1) is 12.2 Å². The van der Waals surface area contributed by atoms with Crippen LogP contribution in [0.5, 0.6) is 0 Å². The van der Waals surface area contributed by atoms with Gasteiger partial charge in [0.2, 0.25) is 0 Å². The molecule has 11 atom stereocenters. The van der Waals surface area contributed by atoms with E-state index in [1.54, 1.807) is 13.0 Å². The second-order valence-corrected chi connectivity index (χ2v) is 12.8. The number of carbonyl (C=O) groups is 1. The molecule has 1 N–H and O–H groups in total. The first-order valence-electron chi connectivity index (χ1n) is 14.1. The molecule has 0 spiro atoms. The summed E-state index contributed by atoms with van der Waals surface area (Å²) in [5, 5.41) is 19.4. The van der Waals surface area contributed by atoms with Crippen molar-refractivity contribution in [3.05, 3.63) is 12.2 Å². The summed E-state index contributed by atoms with van der Waals surface area (Å²) in [7, 11) is 0. The lowest BCUT2D eigenvalue weighted by atomic mass is 9.41. The Morgan fingerprint density at radius 3 is 2.53 bits per heavy atom. The minimum Gasteiger partial charge on any atom is -0.462 e. The third-order valence-corrected chi connectivity index (χ3v) is 11.4. The molecule has 4 heteroatoms. The molecule has 0 aromatic heterocycles. The molecule has 0 aliphatic heterocycles. The van der Waals surface area contributed by atoms with E-state index in [1.165, 1.54) is 25.7 Å². The molecule has 4 unspecified atom stereocenters. The van der Waals surface area contributed by atoms with Crippen molar-refractivity contribution in [1.82, 2.24) is 0 Å². The van der Waals surface area contributed by atoms with Gasteiger partial charge in [-0.05, 0) is 111 Å². The average Bonchev–Trinajstić information content (AvgIpc) is 3.14. The fourth-order valence-corrected chi connectivity index (χ4v) is 9.95. The number of rotatable bonds is 6. The summed E-state index contributed by atoms with van der Waals surface area (Å²) in [6.45, 7) is 11.3. The predicted octanol–water partition coefficient (Wildman–Crippen LogP) is 6.68. The third-order valence-electron chi connectivity index (χ3n) is 11.4. The molecule has 4 aliphatic rings. The SMILES string of the molecule is CC[C@@H]1C2C[C@H](O)CCC2(C)[C@H]2CCC3(C)C([C@H](C)CC/C=C/C#N)CC[C@H]3[C@@H]2[C@@H]1OC(C)=O. The number of aliphatic hydroxyl groups excluding tert-OH is 1. The summed E-state index contributed by atoms with van der Waals surface area (Å²) in [6.07, 6.45) is 14.5. The van der Waals surface area contributed by atoms with Crippen molar-refractivity contribution in [3.63, 3.8) is 0 Å². The molecule has 0 amide bonds. The van der Waals surface area contributed by atoms with Crippen LogP contribution in [0, 0.1) is 63.6 Å². The van der Waals surface area contributed by atoms with Crippen molar-refractivity contribution in [3.8, 4) is 6.07 Å². The van der Waals surface area contributed by atoms with Crippen LogP contribution in [0.15, 0.2) is 12.2 Å². The van der Waals surface area contributed by atoms with Crippen molar-refractivity contribution in [1.29, 1.82) is 5.26 Å². The standard InChI is InChI=1S/C30H47NO3/c1-6-22-26-18-21(33)13-15-30(26,5)25-14-16-29(4)23(19(2)10-8-7-9-17-31)11-12-24(29)27(25)28(22)34-20(3)32/h7,9,19,21-28,33H,6,8,10-16,18H2,1-5H3/b9-7+/t19-,21-,22-,23?,24+,25+,26?,27+,28-,29?,30?/m1/s1. The molecule has 0 heterocycles. The van der Waals surface area contributed by atoms with Gasteiger partial charge in [-0.1, -0.05) is 33.8 Å². The van der Waals surface area contributed by atoms with Gasteiger partial charge in [0.15, 0.2) is 0 Å². The Hall–Kier alpha value is -1.34. The largest absolute Gasteiger partial charge is 0.462 e. The number of allylic oxidation sites excluding steroid dienone is 2. The number of hydrogen-bond donors (Lipinski definition) is 1. The van der Waals surface area contributed by atoms with Crippen LogP contribution in [0.4, 0.5) is 0 Å². The van der Waals surface area contributed by atoms with Gasteiger partial charge in [0.25, 0.3) is 0 Å². The molecule has 4 saturated carbocycles. The maximum absolute atomic E-state index is 12.4. The second-order valence-electron chi connectivity index (χ2n) is 12.8. The number of aliphatic hydroxyl groups is 1. The van der Waals surface area contributed by atoms with Crippen molar-refractivity contribution in [2.24, 2.45) is 52.3 Å². The van der Waals surface area contributed by atoms with Gasteiger partial charge in [-0.25, -0.2) is 0 Å². The van der Waals surface area contributed by atoms with Crippen molar-refractivity contribution in [2.45, 2.75) is 111 Å². The first-order valence-corrected chi connectivity index (χ1v) is 14.1. The Labute approximate surface area is 207 Å². The summed E-state index contributed by atoms with van der Waals surface area (Å²) in [4.78, 5) is 12.4. The monoisotopic (exact) mass is 469 g/mol. The van der Waals surface area contributed by atoms with Crippen LogP contribution < -0.4 is 0 Å². The van der Waals surface area contributed by atoms with Crippen LogP contribution in [0.2, 0.25) is 0 Å². The van der Waals surface area contributed by atoms with Crippen molar-refractivity contribution < 1.29 is 14.6 Å². The Morgan fingerprint density at radius 2 is 1.85 bits per heavy atom. The van der Waals surface area contributed by atoms with Crippen LogP contribution in [0.25, 0.3) is 0 Å². The number of carbonyl (C=O) groups excluding carboxylic acids is 1. The van der Waals surface area contributed by atoms with Crippen LogP contribution >= 0.6 is 0 Å². The molecule has 34 heavy (non-hydrogen) atoms. The molecule has 0 aromatic carbocycles. The molecular formula is C30H47NO3. The number of nitrogens with zero attached hydrogens (tertiary/aromatic N) is 1. The maximum Gasteiger partial charge on any atom is 0.302 e. The molecule has 190 valence electrons. The Morgan fingerprint density at radius 1 is 1.15 bits per heavy atom. The lowest BCUT2D eigenvalue weighted by Gasteiger charge is -2.65. The lowest BCUT2D eigenvalue weighted by molar-refractivity contribution is -0.217. The highest BCUT2D eigenvalue weighted by molar-refractivity contribution is 5.66. The fraction of sp³-hybridized carbons (Fsp3) is 0.867. The molecule has 0 aromatic rings. The van der Waals surface area contributed by atoms with E-state index in [2.05, 4.69) is 33.8 Å². The molecule has 0 radical (unpaired) electrons. The Balaban J connectivity index is 1.65. The quantitative estimate of drug-likeness (QED) is 0.348. The topological polar surface area (TPSA) is 70.3 Å². The van der Waals surface area contributed by atoms with E-state index in [4.69, 9.17) is 10.00 Å². The minimum atomic E-state index is -0.206. The molecule has 4 aliphatic carbocycles. The summed E-state index contributed by atoms with van der Waals surface area (Å²) in [5.74, 6) is 3.63. The van der Waals surface area contributed by atoms with Gasteiger partial charge in [0.1, 0.15) is 6.10 Å². The highest BCUT2D eigenvalue weighted by Crippen LogP contribution is 2.70. The van der Waals surface area contributed by atoms with Crippen molar-refractivity contribution >= 4 is 5.97 Å². The van der Waals surface area contributed by atoms with E-state index < -0.39 is 0 Å². The van der Waals surface area contributed by atoms with Crippen LogP contribution in [0.1, 0.15) is 98.8 Å². The maximum atomic E-state index is 12.4. The smallest absolute Gasteiger partial charge is 0.302 e. The minimum absolute atomic E-state index is 0.00637. The molecule has 4 fully saturated rings. The second kappa shape index (κ2) is 9.96. The number of hydrogen-bond acceptors (Lipinski definition) is 4. The van der Waals surface area contributed by atoms with E-state index in [-0.39, 0.29) is 23.6 Å². The zero-order valence-corrected chi connectivity index (χ0v) is 22.1.